The molecule has 0 fully saturated rings. The van der Waals surface area contributed by atoms with Crippen LogP contribution in [0.2, 0.25) is 5.02 Å². The van der Waals surface area contributed by atoms with E-state index in [1.165, 1.54) is 16.4 Å². The molecule has 0 saturated carbocycles. The van der Waals surface area contributed by atoms with Crippen molar-refractivity contribution < 1.29 is 5.11 Å². The maximum absolute atomic E-state index is 8.72. The first-order valence-electron chi connectivity index (χ1n) is 5.42. The van der Waals surface area contributed by atoms with Crippen LogP contribution in [0.1, 0.15) is 6.42 Å². The second-order valence-electron chi connectivity index (χ2n) is 3.61. The Morgan fingerprint density at radius 3 is 2.67 bits per heavy atom. The topological polar surface area (TPSA) is 77.0 Å². The van der Waals surface area contributed by atoms with E-state index in [4.69, 9.17) is 22.6 Å². The number of aromatic nitrogens is 3. The van der Waals surface area contributed by atoms with Crippen LogP contribution in [0, 0.1) is 0 Å². The molecule has 0 atom stereocenters. The number of aliphatic hydroxyl groups is 1. The lowest BCUT2D eigenvalue weighted by atomic mass is 10.2. The molecule has 0 aliphatic heterocycles. The van der Waals surface area contributed by atoms with Crippen LogP contribution < -0.4 is 5.84 Å². The van der Waals surface area contributed by atoms with Crippen LogP contribution in [0.15, 0.2) is 29.4 Å². The monoisotopic (exact) mass is 284 g/mol. The highest BCUT2D eigenvalue weighted by Crippen LogP contribution is 2.23. The van der Waals surface area contributed by atoms with Gasteiger partial charge in [-0.1, -0.05) is 23.4 Å². The van der Waals surface area contributed by atoms with E-state index in [2.05, 4.69) is 10.2 Å². The zero-order chi connectivity index (χ0) is 13.0. The van der Waals surface area contributed by atoms with Gasteiger partial charge in [-0.25, -0.2) is 4.68 Å². The summed E-state index contributed by atoms with van der Waals surface area (Å²) in [5.41, 5.74) is 0.864. The van der Waals surface area contributed by atoms with Gasteiger partial charge in [0.25, 0.3) is 0 Å². The molecule has 0 aliphatic rings. The first-order valence-corrected chi connectivity index (χ1v) is 6.79. The van der Waals surface area contributed by atoms with Crippen molar-refractivity contribution in [2.45, 2.75) is 11.6 Å². The normalized spacial score (nSPS) is 10.8. The molecule has 7 heteroatoms. The molecule has 1 aromatic heterocycles. The number of thioether (sulfide) groups is 1. The van der Waals surface area contributed by atoms with E-state index in [1.807, 2.05) is 12.1 Å². The van der Waals surface area contributed by atoms with Crippen molar-refractivity contribution in [1.82, 2.24) is 14.9 Å². The Morgan fingerprint density at radius 1 is 1.28 bits per heavy atom. The summed E-state index contributed by atoms with van der Waals surface area (Å²) in [6.07, 6.45) is 0.702. The Morgan fingerprint density at radius 2 is 2.00 bits per heavy atom. The third-order valence-electron chi connectivity index (χ3n) is 2.30. The Bertz CT molecular complexity index is 514. The molecule has 0 amide bonds. The molecular weight excluding hydrogens is 272 g/mol. The third-order valence-corrected chi connectivity index (χ3v) is 3.58. The van der Waals surface area contributed by atoms with Crippen molar-refractivity contribution in [3.05, 3.63) is 29.3 Å². The van der Waals surface area contributed by atoms with Crippen LogP contribution in [0.5, 0.6) is 0 Å². The number of benzene rings is 1. The highest BCUT2D eigenvalue weighted by atomic mass is 35.5. The summed E-state index contributed by atoms with van der Waals surface area (Å²) >= 11 is 7.30. The van der Waals surface area contributed by atoms with E-state index in [9.17, 15) is 0 Å². The van der Waals surface area contributed by atoms with Crippen LogP contribution in [-0.2, 0) is 0 Å². The van der Waals surface area contributed by atoms with E-state index in [0.717, 1.165) is 11.3 Å². The SMILES string of the molecule is Nn1c(SCCCO)nnc1-c1ccc(Cl)cc1. The van der Waals surface area contributed by atoms with Crippen molar-refractivity contribution in [1.29, 1.82) is 0 Å². The molecule has 0 radical (unpaired) electrons. The summed E-state index contributed by atoms with van der Waals surface area (Å²) in [5, 5.41) is 18.1. The van der Waals surface area contributed by atoms with Crippen LogP contribution in [0.3, 0.4) is 0 Å². The van der Waals surface area contributed by atoms with Gasteiger partial charge in [-0.2, -0.15) is 0 Å². The zero-order valence-electron chi connectivity index (χ0n) is 9.58. The van der Waals surface area contributed by atoms with Gasteiger partial charge in [0, 0.05) is 22.9 Å². The molecule has 0 aliphatic carbocycles. The second-order valence-corrected chi connectivity index (χ2v) is 5.11. The number of halogens is 1. The maximum Gasteiger partial charge on any atom is 0.210 e. The third kappa shape index (κ3) is 2.95. The predicted molar refractivity (Wildman–Crippen MR) is 73.0 cm³/mol. The molecule has 0 bridgehead atoms. The number of rotatable bonds is 5. The van der Waals surface area contributed by atoms with Crippen molar-refractivity contribution in [3.63, 3.8) is 0 Å². The van der Waals surface area contributed by atoms with Crippen LogP contribution in [0.4, 0.5) is 0 Å². The standard InChI is InChI=1S/C11H13ClN4OS/c12-9-4-2-8(3-5-9)10-14-15-11(16(10)13)18-7-1-6-17/h2-5,17H,1,6-7,13H2. The molecule has 1 heterocycles. The highest BCUT2D eigenvalue weighted by molar-refractivity contribution is 7.99. The van der Waals surface area contributed by atoms with E-state index < -0.39 is 0 Å². The van der Waals surface area contributed by atoms with Crippen molar-refractivity contribution >= 4 is 23.4 Å². The fourth-order valence-corrected chi connectivity index (χ4v) is 2.31. The van der Waals surface area contributed by atoms with Crippen LogP contribution in [-0.4, -0.2) is 32.3 Å². The maximum atomic E-state index is 8.72. The van der Waals surface area contributed by atoms with Gasteiger partial charge in [-0.3, -0.25) is 0 Å². The summed E-state index contributed by atoms with van der Waals surface area (Å²) < 4.78 is 1.45. The minimum absolute atomic E-state index is 0.162. The molecule has 0 saturated heterocycles. The van der Waals surface area contributed by atoms with Gasteiger partial charge < -0.3 is 10.9 Å². The van der Waals surface area contributed by atoms with Gasteiger partial charge in [-0.05, 0) is 30.7 Å². The molecule has 3 N–H and O–H groups in total. The average molecular weight is 285 g/mol. The van der Waals surface area contributed by atoms with Crippen LogP contribution >= 0.6 is 23.4 Å². The minimum atomic E-state index is 0.162. The van der Waals surface area contributed by atoms with Gasteiger partial charge in [-0.15, -0.1) is 10.2 Å². The molecule has 96 valence electrons. The average Bonchev–Trinajstić information content (AvgIpc) is 2.73. The van der Waals surface area contributed by atoms with E-state index in [0.29, 0.717) is 22.4 Å². The zero-order valence-corrected chi connectivity index (χ0v) is 11.2. The number of aliphatic hydroxyl groups excluding tert-OH is 1. The second kappa shape index (κ2) is 6.08. The number of nitrogens with two attached hydrogens (primary N) is 1. The molecule has 0 unspecified atom stereocenters. The van der Waals surface area contributed by atoms with Gasteiger partial charge in [0.1, 0.15) is 0 Å². The number of hydrogen-bond donors (Lipinski definition) is 2. The lowest BCUT2D eigenvalue weighted by Gasteiger charge is -2.03. The fraction of sp³-hybridized carbons (Fsp3) is 0.273. The van der Waals surface area contributed by atoms with E-state index in [1.54, 1.807) is 12.1 Å². The first kappa shape index (κ1) is 13.2. The Balaban J connectivity index is 2.17. The predicted octanol–water partition coefficient (Wildman–Crippen LogP) is 1.79. The summed E-state index contributed by atoms with van der Waals surface area (Å²) in [7, 11) is 0. The van der Waals surface area contributed by atoms with Gasteiger partial charge in [0.15, 0.2) is 5.82 Å². The van der Waals surface area contributed by atoms with Crippen molar-refractivity contribution in [2.75, 3.05) is 18.2 Å². The number of hydrogen-bond acceptors (Lipinski definition) is 5. The number of nitrogens with zero attached hydrogens (tertiary/aromatic N) is 3. The van der Waals surface area contributed by atoms with Crippen molar-refractivity contribution in [2.24, 2.45) is 0 Å². The Labute approximate surface area is 114 Å². The first-order chi connectivity index (χ1) is 8.72. The van der Waals surface area contributed by atoms with E-state index in [-0.39, 0.29) is 6.61 Å². The molecule has 2 rings (SSSR count). The summed E-state index contributed by atoms with van der Waals surface area (Å²) in [5.74, 6) is 7.28. The van der Waals surface area contributed by atoms with Gasteiger partial charge in [0.05, 0.1) is 0 Å². The van der Waals surface area contributed by atoms with E-state index >= 15 is 0 Å². The van der Waals surface area contributed by atoms with Gasteiger partial charge in [0.2, 0.25) is 5.16 Å². The number of nitrogen functional groups attached to an aromatic ring is 1. The fourth-order valence-electron chi connectivity index (χ4n) is 1.40. The molecular formula is C11H13ClN4OS. The Hall–Kier alpha value is -1.24. The smallest absolute Gasteiger partial charge is 0.210 e. The lowest BCUT2D eigenvalue weighted by Crippen LogP contribution is -2.11. The molecule has 0 spiro atoms. The Kier molecular flexibility index (Phi) is 4.46. The molecule has 18 heavy (non-hydrogen) atoms. The minimum Gasteiger partial charge on any atom is -0.396 e. The molecule has 1 aromatic carbocycles. The summed E-state index contributed by atoms with van der Waals surface area (Å²) in [4.78, 5) is 0. The molecule has 2 aromatic rings. The highest BCUT2D eigenvalue weighted by Gasteiger charge is 2.11. The lowest BCUT2D eigenvalue weighted by molar-refractivity contribution is 0.296. The summed E-state index contributed by atoms with van der Waals surface area (Å²) in [6.45, 7) is 0.162. The molecule has 5 nitrogen and oxygen atoms in total. The van der Waals surface area contributed by atoms with Gasteiger partial charge >= 0.3 is 0 Å². The summed E-state index contributed by atoms with van der Waals surface area (Å²) in [6, 6.07) is 7.25. The van der Waals surface area contributed by atoms with Crippen molar-refractivity contribution in [3.8, 4) is 11.4 Å². The quantitative estimate of drug-likeness (QED) is 0.497. The van der Waals surface area contributed by atoms with Crippen LogP contribution in [0.25, 0.3) is 11.4 Å². The largest absolute Gasteiger partial charge is 0.396 e.